The van der Waals surface area contributed by atoms with E-state index in [-0.39, 0.29) is 25.1 Å². The Kier molecular flexibility index (Phi) is 4.76. The second-order valence-corrected chi connectivity index (χ2v) is 4.56. The number of hydrogen-bond donors (Lipinski definition) is 0. The van der Waals surface area contributed by atoms with Gasteiger partial charge in [-0.25, -0.2) is 4.79 Å². The van der Waals surface area contributed by atoms with Gasteiger partial charge in [0.25, 0.3) is 0 Å². The molecule has 1 aromatic carbocycles. The van der Waals surface area contributed by atoms with E-state index in [4.69, 9.17) is 9.47 Å². The normalized spacial score (nSPS) is 14.3. The number of benzene rings is 1. The van der Waals surface area contributed by atoms with Crippen molar-refractivity contribution >= 4 is 12.1 Å². The van der Waals surface area contributed by atoms with Gasteiger partial charge in [0.1, 0.15) is 13.2 Å². The van der Waals surface area contributed by atoms with E-state index in [2.05, 4.69) is 6.58 Å². The predicted octanol–water partition coefficient (Wildman–Crippen LogP) is 1.98. The van der Waals surface area contributed by atoms with Gasteiger partial charge in [-0.3, -0.25) is 4.79 Å². The second kappa shape index (κ2) is 6.75. The van der Waals surface area contributed by atoms with E-state index in [0.29, 0.717) is 13.1 Å². The third kappa shape index (κ3) is 3.60. The SMILES string of the molecule is C=CCOC(=O)N1CC(C(=O)OCc2ccccc2)C1. The summed E-state index contributed by atoms with van der Waals surface area (Å²) in [6.45, 7) is 4.60. The predicted molar refractivity (Wildman–Crippen MR) is 72.8 cm³/mol. The van der Waals surface area contributed by atoms with Gasteiger partial charge in [-0.1, -0.05) is 43.0 Å². The molecular weight excluding hydrogens is 258 g/mol. The second-order valence-electron chi connectivity index (χ2n) is 4.56. The number of amides is 1. The number of nitrogens with zero attached hydrogens (tertiary/aromatic N) is 1. The molecule has 0 unspecified atom stereocenters. The van der Waals surface area contributed by atoms with E-state index in [0.717, 1.165) is 5.56 Å². The highest BCUT2D eigenvalue weighted by molar-refractivity contribution is 5.78. The largest absolute Gasteiger partial charge is 0.460 e. The van der Waals surface area contributed by atoms with Crippen molar-refractivity contribution in [2.75, 3.05) is 19.7 Å². The van der Waals surface area contributed by atoms with Gasteiger partial charge in [-0.05, 0) is 5.56 Å². The molecule has 0 atom stereocenters. The number of rotatable bonds is 5. The molecule has 2 rings (SSSR count). The third-order valence-electron chi connectivity index (χ3n) is 3.02. The number of hydrogen-bond acceptors (Lipinski definition) is 4. The highest BCUT2D eigenvalue weighted by atomic mass is 16.6. The van der Waals surface area contributed by atoms with Gasteiger partial charge in [0.15, 0.2) is 0 Å². The molecule has 0 spiro atoms. The highest BCUT2D eigenvalue weighted by Gasteiger charge is 2.37. The van der Waals surface area contributed by atoms with Crippen LogP contribution in [0, 0.1) is 5.92 Å². The Morgan fingerprint density at radius 1 is 1.25 bits per heavy atom. The molecule has 1 aliphatic heterocycles. The van der Waals surface area contributed by atoms with Crippen molar-refractivity contribution in [3.05, 3.63) is 48.6 Å². The lowest BCUT2D eigenvalue weighted by Crippen LogP contribution is -2.53. The molecule has 0 aliphatic carbocycles. The quantitative estimate of drug-likeness (QED) is 0.609. The van der Waals surface area contributed by atoms with Gasteiger partial charge in [0.2, 0.25) is 0 Å². The molecule has 1 fully saturated rings. The van der Waals surface area contributed by atoms with Crippen LogP contribution < -0.4 is 0 Å². The summed E-state index contributed by atoms with van der Waals surface area (Å²) in [5, 5.41) is 0. The molecule has 0 radical (unpaired) electrons. The molecule has 5 nitrogen and oxygen atoms in total. The Balaban J connectivity index is 1.69. The van der Waals surface area contributed by atoms with Crippen LogP contribution in [0.2, 0.25) is 0 Å². The van der Waals surface area contributed by atoms with Crippen LogP contribution >= 0.6 is 0 Å². The van der Waals surface area contributed by atoms with Crippen molar-refractivity contribution in [2.45, 2.75) is 6.61 Å². The first-order chi connectivity index (χ1) is 9.70. The van der Waals surface area contributed by atoms with Crippen molar-refractivity contribution < 1.29 is 19.1 Å². The minimum Gasteiger partial charge on any atom is -0.460 e. The summed E-state index contributed by atoms with van der Waals surface area (Å²) in [5.41, 5.74) is 0.947. The van der Waals surface area contributed by atoms with Gasteiger partial charge in [-0.2, -0.15) is 0 Å². The Labute approximate surface area is 117 Å². The molecule has 1 amide bonds. The molecule has 106 valence electrons. The maximum absolute atomic E-state index is 11.8. The molecule has 20 heavy (non-hydrogen) atoms. The van der Waals surface area contributed by atoms with Crippen LogP contribution in [0.15, 0.2) is 43.0 Å². The Hall–Kier alpha value is -2.30. The number of esters is 1. The minimum absolute atomic E-state index is 0.179. The maximum Gasteiger partial charge on any atom is 0.410 e. The lowest BCUT2D eigenvalue weighted by atomic mass is 10.0. The molecule has 1 heterocycles. The molecule has 1 aromatic rings. The molecule has 0 saturated carbocycles. The molecule has 1 saturated heterocycles. The Bertz CT molecular complexity index is 480. The zero-order valence-corrected chi connectivity index (χ0v) is 11.2. The van der Waals surface area contributed by atoms with E-state index >= 15 is 0 Å². The van der Waals surface area contributed by atoms with E-state index in [1.54, 1.807) is 0 Å². The van der Waals surface area contributed by atoms with E-state index < -0.39 is 6.09 Å². The highest BCUT2D eigenvalue weighted by Crippen LogP contribution is 2.18. The zero-order valence-electron chi connectivity index (χ0n) is 11.2. The Morgan fingerprint density at radius 3 is 2.60 bits per heavy atom. The van der Waals surface area contributed by atoms with Crippen molar-refractivity contribution in [1.82, 2.24) is 4.90 Å². The van der Waals surface area contributed by atoms with Crippen LogP contribution in [0.1, 0.15) is 5.56 Å². The average Bonchev–Trinajstić information content (AvgIpc) is 2.42. The minimum atomic E-state index is -0.419. The van der Waals surface area contributed by atoms with Crippen LogP contribution in [0.4, 0.5) is 4.79 Å². The number of ether oxygens (including phenoxy) is 2. The van der Waals surface area contributed by atoms with E-state index in [1.165, 1.54) is 11.0 Å². The van der Waals surface area contributed by atoms with Gasteiger partial charge in [-0.15, -0.1) is 0 Å². The summed E-state index contributed by atoms with van der Waals surface area (Å²) in [6, 6.07) is 9.48. The average molecular weight is 275 g/mol. The lowest BCUT2D eigenvalue weighted by Gasteiger charge is -2.36. The zero-order chi connectivity index (χ0) is 14.4. The molecular formula is C15H17NO4. The summed E-state index contributed by atoms with van der Waals surface area (Å²) in [4.78, 5) is 24.7. The third-order valence-corrected chi connectivity index (χ3v) is 3.02. The van der Waals surface area contributed by atoms with Crippen molar-refractivity contribution in [3.63, 3.8) is 0 Å². The number of carbonyl (C=O) groups is 2. The fraction of sp³-hybridized carbons (Fsp3) is 0.333. The van der Waals surface area contributed by atoms with Gasteiger partial charge < -0.3 is 14.4 Å². The lowest BCUT2D eigenvalue weighted by molar-refractivity contribution is -0.154. The summed E-state index contributed by atoms with van der Waals surface area (Å²) in [6.07, 6.45) is 1.08. The number of likely N-dealkylation sites (tertiary alicyclic amines) is 1. The molecule has 0 bridgehead atoms. The molecule has 1 aliphatic rings. The molecule has 5 heteroatoms. The standard InChI is InChI=1S/C15H17NO4/c1-2-8-19-15(18)16-9-13(10-16)14(17)20-11-12-6-4-3-5-7-12/h2-7,13H,1,8-11H2. The monoisotopic (exact) mass is 275 g/mol. The van der Waals surface area contributed by atoms with Crippen LogP contribution in [0.3, 0.4) is 0 Å². The fourth-order valence-electron chi connectivity index (χ4n) is 1.84. The smallest absolute Gasteiger partial charge is 0.410 e. The topological polar surface area (TPSA) is 55.8 Å². The van der Waals surface area contributed by atoms with Crippen LogP contribution in [-0.2, 0) is 20.9 Å². The van der Waals surface area contributed by atoms with Crippen molar-refractivity contribution in [2.24, 2.45) is 5.92 Å². The first-order valence-corrected chi connectivity index (χ1v) is 6.44. The van der Waals surface area contributed by atoms with Crippen LogP contribution in [-0.4, -0.2) is 36.7 Å². The summed E-state index contributed by atoms with van der Waals surface area (Å²) in [5.74, 6) is -0.531. The summed E-state index contributed by atoms with van der Waals surface area (Å²) >= 11 is 0. The van der Waals surface area contributed by atoms with Crippen LogP contribution in [0.5, 0.6) is 0 Å². The first-order valence-electron chi connectivity index (χ1n) is 6.44. The first kappa shape index (κ1) is 14.1. The van der Waals surface area contributed by atoms with Crippen molar-refractivity contribution in [3.8, 4) is 0 Å². The molecule has 0 N–H and O–H groups in total. The van der Waals surface area contributed by atoms with E-state index in [9.17, 15) is 9.59 Å². The number of carbonyl (C=O) groups excluding carboxylic acids is 2. The Morgan fingerprint density at radius 2 is 1.95 bits per heavy atom. The van der Waals surface area contributed by atoms with Gasteiger partial charge in [0.05, 0.1) is 5.92 Å². The van der Waals surface area contributed by atoms with E-state index in [1.807, 2.05) is 30.3 Å². The fourth-order valence-corrected chi connectivity index (χ4v) is 1.84. The van der Waals surface area contributed by atoms with Gasteiger partial charge in [0, 0.05) is 13.1 Å². The van der Waals surface area contributed by atoms with Crippen molar-refractivity contribution in [1.29, 1.82) is 0 Å². The molecule has 0 aromatic heterocycles. The summed E-state index contributed by atoms with van der Waals surface area (Å²) in [7, 11) is 0. The summed E-state index contributed by atoms with van der Waals surface area (Å²) < 4.78 is 10.1. The maximum atomic E-state index is 11.8. The van der Waals surface area contributed by atoms with Crippen LogP contribution in [0.25, 0.3) is 0 Å². The van der Waals surface area contributed by atoms with Gasteiger partial charge >= 0.3 is 12.1 Å².